The average molecular weight is 499 g/mol. The van der Waals surface area contributed by atoms with Gasteiger partial charge in [0.1, 0.15) is 21.7 Å². The molecule has 0 N–H and O–H groups in total. The maximum absolute atomic E-state index is 7.30. The van der Waals surface area contributed by atoms with Crippen molar-refractivity contribution >= 4 is 33.6 Å². The molecule has 2 aliphatic carbocycles. The van der Waals surface area contributed by atoms with Crippen molar-refractivity contribution in [2.75, 3.05) is 46.3 Å². The summed E-state index contributed by atoms with van der Waals surface area (Å²) in [5.41, 5.74) is 2.69. The number of likely N-dealkylation sites (N-methyl/N-ethyl adjacent to an activating group) is 1. The Morgan fingerprint density at radius 3 is 2.68 bits per heavy atom. The van der Waals surface area contributed by atoms with E-state index in [0.717, 1.165) is 55.4 Å². The molecule has 4 aliphatic heterocycles. The molecule has 6 aliphatic rings. The van der Waals surface area contributed by atoms with Gasteiger partial charge in [0.15, 0.2) is 11.5 Å². The summed E-state index contributed by atoms with van der Waals surface area (Å²) in [7, 11) is 4.12. The van der Waals surface area contributed by atoms with Gasteiger partial charge in [0.25, 0.3) is 0 Å². The Bertz CT molecular complexity index is 1100. The maximum Gasteiger partial charge on any atom is 0.165 e. The van der Waals surface area contributed by atoms with Gasteiger partial charge in [-0.05, 0) is 88.8 Å². The predicted octanol–water partition coefficient (Wildman–Crippen LogP) is 3.88. The normalized spacial score (nSPS) is 40.2. The molecule has 0 aromatic heterocycles. The number of rotatable bonds is 2. The minimum absolute atomic E-state index is 0.00504. The van der Waals surface area contributed by atoms with Crippen LogP contribution in [0.5, 0.6) is 11.5 Å². The average Bonchev–Trinajstić information content (AvgIpc) is 3.52. The first-order chi connectivity index (χ1) is 16.6. The third-order valence-corrected chi connectivity index (χ3v) is 11.5. The van der Waals surface area contributed by atoms with Crippen molar-refractivity contribution in [3.8, 4) is 11.5 Å². The van der Waals surface area contributed by atoms with Gasteiger partial charge >= 0.3 is 0 Å². The first-order valence-electron chi connectivity index (χ1n) is 12.7. The molecule has 2 saturated heterocycles. The fourth-order valence-electron chi connectivity index (χ4n) is 8.70. The molecule has 1 aromatic carbocycles. The van der Waals surface area contributed by atoms with E-state index in [1.807, 2.05) is 0 Å². The molecule has 1 aromatic rings. The van der Waals surface area contributed by atoms with E-state index in [-0.39, 0.29) is 17.1 Å². The molecular formula is C26H34N4O2S2. The molecule has 34 heavy (non-hydrogen) atoms. The van der Waals surface area contributed by atoms with E-state index in [1.165, 1.54) is 29.0 Å². The zero-order chi connectivity index (χ0) is 23.2. The van der Waals surface area contributed by atoms with E-state index in [0.29, 0.717) is 17.9 Å². The zero-order valence-corrected chi connectivity index (χ0v) is 22.2. The number of thioether (sulfide) groups is 2. The summed E-state index contributed by atoms with van der Waals surface area (Å²) in [6.07, 6.45) is 10.3. The van der Waals surface area contributed by atoms with Gasteiger partial charge in [-0.25, -0.2) is 0 Å². The lowest BCUT2D eigenvalue weighted by Gasteiger charge is -2.66. The Balaban J connectivity index is 1.53. The Kier molecular flexibility index (Phi) is 4.95. The molecule has 4 heterocycles. The number of methoxy groups -OCH3 is 1. The molecular weight excluding hydrogens is 464 g/mol. The summed E-state index contributed by atoms with van der Waals surface area (Å²) in [4.78, 5) is 5.39. The molecule has 0 amide bonds. The van der Waals surface area contributed by atoms with Crippen molar-refractivity contribution < 1.29 is 9.47 Å². The number of piperidine rings is 1. The molecule has 1 spiro atoms. The number of hydrogen-bond donors (Lipinski definition) is 0. The van der Waals surface area contributed by atoms with Gasteiger partial charge < -0.3 is 14.4 Å². The third-order valence-electron chi connectivity index (χ3n) is 9.93. The van der Waals surface area contributed by atoms with Crippen LogP contribution in [0.4, 0.5) is 0 Å². The van der Waals surface area contributed by atoms with Crippen LogP contribution in [0, 0.1) is 11.8 Å². The fraction of sp³-hybridized carbons (Fsp3) is 0.692. The van der Waals surface area contributed by atoms with Crippen LogP contribution in [0.2, 0.25) is 0 Å². The van der Waals surface area contributed by atoms with Crippen molar-refractivity contribution in [3.05, 3.63) is 23.3 Å². The topological polar surface area (TPSA) is 49.7 Å². The lowest BCUT2D eigenvalue weighted by atomic mass is 9.46. The Morgan fingerprint density at radius 2 is 1.94 bits per heavy atom. The van der Waals surface area contributed by atoms with Gasteiger partial charge in [0, 0.05) is 22.9 Å². The maximum atomic E-state index is 7.30. The monoisotopic (exact) mass is 498 g/mol. The van der Waals surface area contributed by atoms with Crippen LogP contribution in [0.3, 0.4) is 0 Å². The molecule has 4 unspecified atom stereocenters. The Morgan fingerprint density at radius 1 is 1.12 bits per heavy atom. The SMILES string of the molecule is COc1ccc2c3c1O[C@@H]1C34CCN(C)[C@H](C2)C4CC2C(SC)=NN=C(SC)C21N1CCCC1. The molecule has 1 saturated carbocycles. The number of nitrogens with zero attached hydrogens (tertiary/aromatic N) is 4. The van der Waals surface area contributed by atoms with Crippen molar-refractivity contribution in [2.24, 2.45) is 22.0 Å². The highest BCUT2D eigenvalue weighted by Crippen LogP contribution is 2.68. The van der Waals surface area contributed by atoms with Crippen LogP contribution in [-0.2, 0) is 11.8 Å². The molecule has 6 nitrogen and oxygen atoms in total. The Hall–Kier alpha value is -1.22. The van der Waals surface area contributed by atoms with Crippen LogP contribution in [-0.4, -0.2) is 83.9 Å². The number of ether oxygens (including phenoxy) is 2. The van der Waals surface area contributed by atoms with Gasteiger partial charge in [-0.1, -0.05) is 6.07 Å². The van der Waals surface area contributed by atoms with E-state index in [9.17, 15) is 0 Å². The highest BCUT2D eigenvalue weighted by atomic mass is 32.2. The number of benzene rings is 1. The molecule has 3 fully saturated rings. The number of fused-ring (bicyclic) bond motifs is 2. The highest BCUT2D eigenvalue weighted by molar-refractivity contribution is 8.14. The fourth-order valence-corrected chi connectivity index (χ4v) is 10.2. The molecule has 0 radical (unpaired) electrons. The number of likely N-dealkylation sites (tertiary alicyclic amines) is 2. The van der Waals surface area contributed by atoms with E-state index >= 15 is 0 Å². The van der Waals surface area contributed by atoms with Gasteiger partial charge in [-0.15, -0.1) is 33.7 Å². The number of hydrogen-bond acceptors (Lipinski definition) is 8. The quantitative estimate of drug-likeness (QED) is 0.617. The molecule has 8 heteroatoms. The predicted molar refractivity (Wildman–Crippen MR) is 141 cm³/mol. The second kappa shape index (κ2) is 7.64. The van der Waals surface area contributed by atoms with Crippen LogP contribution in [0.15, 0.2) is 22.3 Å². The molecule has 7 rings (SSSR count). The third kappa shape index (κ3) is 2.44. The van der Waals surface area contributed by atoms with Crippen LogP contribution in [0.25, 0.3) is 0 Å². The lowest BCUT2D eigenvalue weighted by Crippen LogP contribution is -2.79. The largest absolute Gasteiger partial charge is 0.493 e. The minimum atomic E-state index is -0.258. The van der Waals surface area contributed by atoms with Gasteiger partial charge in [-0.2, -0.15) is 0 Å². The summed E-state index contributed by atoms with van der Waals surface area (Å²) in [6, 6.07) is 5.00. The Labute approximate surface area is 210 Å². The van der Waals surface area contributed by atoms with Crippen molar-refractivity contribution in [2.45, 2.75) is 55.2 Å². The van der Waals surface area contributed by atoms with Gasteiger partial charge in [-0.3, -0.25) is 4.90 Å². The van der Waals surface area contributed by atoms with E-state index < -0.39 is 0 Å². The minimum Gasteiger partial charge on any atom is -0.493 e. The van der Waals surface area contributed by atoms with Crippen molar-refractivity contribution in [1.82, 2.24) is 9.80 Å². The molecule has 6 atom stereocenters. The van der Waals surface area contributed by atoms with E-state index in [2.05, 4.69) is 41.5 Å². The molecule has 2 bridgehead atoms. The zero-order valence-electron chi connectivity index (χ0n) is 20.5. The molecule has 182 valence electrons. The summed E-state index contributed by atoms with van der Waals surface area (Å²) in [5.74, 6) is 2.78. The van der Waals surface area contributed by atoms with Gasteiger partial charge in [0.05, 0.1) is 7.11 Å². The second-order valence-corrected chi connectivity index (χ2v) is 12.5. The van der Waals surface area contributed by atoms with E-state index in [1.54, 1.807) is 30.6 Å². The summed E-state index contributed by atoms with van der Waals surface area (Å²) in [6.45, 7) is 3.34. The van der Waals surface area contributed by atoms with Crippen LogP contribution in [0.1, 0.15) is 36.8 Å². The van der Waals surface area contributed by atoms with Crippen molar-refractivity contribution in [3.63, 3.8) is 0 Å². The van der Waals surface area contributed by atoms with Gasteiger partial charge in [0.2, 0.25) is 0 Å². The lowest BCUT2D eigenvalue weighted by molar-refractivity contribution is -0.112. The summed E-state index contributed by atoms with van der Waals surface area (Å²) in [5, 5.41) is 12.1. The van der Waals surface area contributed by atoms with Crippen molar-refractivity contribution in [1.29, 1.82) is 0 Å². The van der Waals surface area contributed by atoms with E-state index in [4.69, 9.17) is 19.7 Å². The smallest absolute Gasteiger partial charge is 0.165 e. The highest BCUT2D eigenvalue weighted by Gasteiger charge is 2.75. The second-order valence-electron chi connectivity index (χ2n) is 10.8. The van der Waals surface area contributed by atoms with Crippen LogP contribution < -0.4 is 9.47 Å². The van der Waals surface area contributed by atoms with Crippen LogP contribution >= 0.6 is 23.5 Å². The summed E-state index contributed by atoms with van der Waals surface area (Å²) >= 11 is 3.58. The summed E-state index contributed by atoms with van der Waals surface area (Å²) < 4.78 is 13.2. The standard InChI is InChI=1S/C26H34N4O2S2/c1-29-12-9-25-16-14-17-22(33-3)27-28-24(34-4)26(17,30-10-5-6-11-30)23(25)32-21-19(31-2)8-7-15(20(21)25)13-18(16)29/h7-8,16-18,23H,5-6,9-14H2,1-4H3/t16?,17?,18-,23-,25?,26?/m1/s1. The first-order valence-corrected chi connectivity index (χ1v) is 15.1. The first kappa shape index (κ1) is 22.0.